The molecular formula is C27H35N3O2. The molecule has 2 heterocycles. The van der Waals surface area contributed by atoms with Crippen molar-refractivity contribution in [2.45, 2.75) is 46.1 Å². The van der Waals surface area contributed by atoms with Gasteiger partial charge in [-0.3, -0.25) is 14.5 Å². The number of piperidine rings is 2. The minimum absolute atomic E-state index is 0.00418. The maximum Gasteiger partial charge on any atom is 0.253 e. The molecule has 2 aromatic carbocycles. The number of rotatable bonds is 5. The van der Waals surface area contributed by atoms with Gasteiger partial charge in [-0.2, -0.15) is 0 Å². The molecule has 32 heavy (non-hydrogen) atoms. The van der Waals surface area contributed by atoms with E-state index in [1.807, 2.05) is 48.2 Å². The summed E-state index contributed by atoms with van der Waals surface area (Å²) in [5.74, 6) is 0.686. The van der Waals surface area contributed by atoms with E-state index in [9.17, 15) is 9.59 Å². The first-order chi connectivity index (χ1) is 15.5. The molecule has 2 fully saturated rings. The van der Waals surface area contributed by atoms with Crippen LogP contribution in [0.15, 0.2) is 48.5 Å². The van der Waals surface area contributed by atoms with Crippen molar-refractivity contribution in [3.63, 3.8) is 0 Å². The quantitative estimate of drug-likeness (QED) is 0.742. The van der Waals surface area contributed by atoms with Crippen LogP contribution in [-0.2, 0) is 11.3 Å². The van der Waals surface area contributed by atoms with Gasteiger partial charge in [-0.1, -0.05) is 36.8 Å². The van der Waals surface area contributed by atoms with Crippen molar-refractivity contribution < 1.29 is 9.59 Å². The first-order valence-corrected chi connectivity index (χ1v) is 12.0. The molecule has 5 nitrogen and oxygen atoms in total. The summed E-state index contributed by atoms with van der Waals surface area (Å²) >= 11 is 0. The van der Waals surface area contributed by atoms with E-state index in [2.05, 4.69) is 29.3 Å². The Balaban J connectivity index is 1.30. The van der Waals surface area contributed by atoms with E-state index >= 15 is 0 Å². The molecule has 2 amide bonds. The van der Waals surface area contributed by atoms with Gasteiger partial charge in [0, 0.05) is 30.9 Å². The van der Waals surface area contributed by atoms with Gasteiger partial charge in [-0.25, -0.2) is 0 Å². The fourth-order valence-electron chi connectivity index (χ4n) is 4.75. The van der Waals surface area contributed by atoms with Crippen LogP contribution in [0.25, 0.3) is 0 Å². The van der Waals surface area contributed by atoms with Crippen LogP contribution < -0.4 is 5.32 Å². The number of likely N-dealkylation sites (tertiary alicyclic amines) is 2. The number of carbonyl (C=O) groups excluding carboxylic acids is 2. The summed E-state index contributed by atoms with van der Waals surface area (Å²) in [6, 6.07) is 15.9. The second-order valence-electron chi connectivity index (χ2n) is 9.60. The van der Waals surface area contributed by atoms with Crippen LogP contribution in [0.2, 0.25) is 0 Å². The molecule has 0 saturated carbocycles. The van der Waals surface area contributed by atoms with Gasteiger partial charge in [-0.05, 0) is 81.4 Å². The van der Waals surface area contributed by atoms with E-state index < -0.39 is 0 Å². The van der Waals surface area contributed by atoms with Crippen LogP contribution in [0.1, 0.15) is 54.1 Å². The summed E-state index contributed by atoms with van der Waals surface area (Å²) in [6.07, 6.45) is 4.22. The van der Waals surface area contributed by atoms with E-state index in [4.69, 9.17) is 0 Å². The minimum atomic E-state index is -0.174. The number of aryl methyl sites for hydroxylation is 1. The molecule has 2 aliphatic heterocycles. The number of benzene rings is 2. The van der Waals surface area contributed by atoms with Crippen molar-refractivity contribution in [2.24, 2.45) is 11.8 Å². The van der Waals surface area contributed by atoms with Gasteiger partial charge < -0.3 is 10.2 Å². The van der Waals surface area contributed by atoms with Crippen molar-refractivity contribution in [1.82, 2.24) is 9.80 Å². The van der Waals surface area contributed by atoms with Gasteiger partial charge in [0.15, 0.2) is 0 Å². The normalized spacial score (nSPS) is 20.2. The lowest BCUT2D eigenvalue weighted by Crippen LogP contribution is -2.43. The fourth-order valence-corrected chi connectivity index (χ4v) is 4.75. The van der Waals surface area contributed by atoms with Gasteiger partial charge in [0.2, 0.25) is 5.91 Å². The Labute approximate surface area is 191 Å². The Hall–Kier alpha value is -2.66. The number of nitrogens with zero attached hydrogens (tertiary/aromatic N) is 2. The van der Waals surface area contributed by atoms with Crippen LogP contribution in [-0.4, -0.2) is 47.8 Å². The summed E-state index contributed by atoms with van der Waals surface area (Å²) in [5.41, 5.74) is 3.88. The molecule has 2 aromatic rings. The lowest BCUT2D eigenvalue weighted by Gasteiger charge is -2.32. The van der Waals surface area contributed by atoms with Crippen LogP contribution in [0, 0.1) is 18.8 Å². The highest BCUT2D eigenvalue weighted by Crippen LogP contribution is 2.22. The van der Waals surface area contributed by atoms with Crippen molar-refractivity contribution in [1.29, 1.82) is 0 Å². The highest BCUT2D eigenvalue weighted by atomic mass is 16.2. The number of anilines is 1. The Morgan fingerprint density at radius 1 is 1.00 bits per heavy atom. The third-order valence-electron chi connectivity index (χ3n) is 6.85. The average molecular weight is 434 g/mol. The molecular weight excluding hydrogens is 398 g/mol. The van der Waals surface area contributed by atoms with Crippen LogP contribution >= 0.6 is 0 Å². The third-order valence-corrected chi connectivity index (χ3v) is 6.85. The lowest BCUT2D eigenvalue weighted by molar-refractivity contribution is -0.121. The minimum Gasteiger partial charge on any atom is -0.338 e. The third kappa shape index (κ3) is 5.77. The highest BCUT2D eigenvalue weighted by Gasteiger charge is 2.29. The summed E-state index contributed by atoms with van der Waals surface area (Å²) in [4.78, 5) is 30.1. The van der Waals surface area contributed by atoms with Crippen molar-refractivity contribution in [3.8, 4) is 0 Å². The molecule has 0 aromatic heterocycles. The van der Waals surface area contributed by atoms with Gasteiger partial charge in [0.1, 0.15) is 0 Å². The number of amides is 2. The smallest absolute Gasteiger partial charge is 0.253 e. The molecule has 5 heteroatoms. The van der Waals surface area contributed by atoms with Gasteiger partial charge in [0.05, 0.1) is 5.92 Å². The molecule has 0 unspecified atom stereocenters. The average Bonchev–Trinajstić information content (AvgIpc) is 2.81. The molecule has 2 aliphatic rings. The first kappa shape index (κ1) is 22.5. The zero-order chi connectivity index (χ0) is 22.5. The zero-order valence-electron chi connectivity index (χ0n) is 19.3. The van der Waals surface area contributed by atoms with Crippen LogP contribution in [0.4, 0.5) is 5.69 Å². The largest absolute Gasteiger partial charge is 0.338 e. The maximum absolute atomic E-state index is 12.9. The zero-order valence-corrected chi connectivity index (χ0v) is 19.3. The van der Waals surface area contributed by atoms with Crippen LogP contribution in [0.3, 0.4) is 0 Å². The molecule has 0 aliphatic carbocycles. The Morgan fingerprint density at radius 3 is 2.47 bits per heavy atom. The van der Waals surface area contributed by atoms with Crippen LogP contribution in [0.5, 0.6) is 0 Å². The summed E-state index contributed by atoms with van der Waals surface area (Å²) in [6.45, 7) is 8.81. The first-order valence-electron chi connectivity index (χ1n) is 12.0. The molecule has 0 bridgehead atoms. The summed E-state index contributed by atoms with van der Waals surface area (Å²) in [7, 11) is 0. The highest BCUT2D eigenvalue weighted by molar-refractivity contribution is 5.96. The molecule has 0 spiro atoms. The van der Waals surface area contributed by atoms with Gasteiger partial charge >= 0.3 is 0 Å². The number of hydrogen-bond donors (Lipinski definition) is 1. The molecule has 2 saturated heterocycles. The monoisotopic (exact) mass is 433 g/mol. The summed E-state index contributed by atoms with van der Waals surface area (Å²) in [5, 5.41) is 3.07. The number of carbonyl (C=O) groups is 2. The number of hydrogen-bond acceptors (Lipinski definition) is 3. The van der Waals surface area contributed by atoms with Crippen molar-refractivity contribution in [2.75, 3.05) is 31.5 Å². The van der Waals surface area contributed by atoms with Crippen molar-refractivity contribution >= 4 is 17.5 Å². The lowest BCUT2D eigenvalue weighted by atomic mass is 9.96. The maximum atomic E-state index is 12.9. The number of nitrogens with one attached hydrogen (secondary N) is 1. The van der Waals surface area contributed by atoms with Gasteiger partial charge in [0.25, 0.3) is 5.91 Å². The summed E-state index contributed by atoms with van der Waals surface area (Å²) < 4.78 is 0. The Kier molecular flexibility index (Phi) is 7.26. The SMILES string of the molecule is Cc1cccc(C(=O)N2CCC[C@H](C(=O)Nc3ccc(CN4CCC(C)CC4)cc3)C2)c1. The van der Waals surface area contributed by atoms with Crippen molar-refractivity contribution in [3.05, 3.63) is 65.2 Å². The molecule has 0 radical (unpaired) electrons. The van der Waals surface area contributed by atoms with E-state index in [0.717, 1.165) is 36.6 Å². The fraction of sp³-hybridized carbons (Fsp3) is 0.481. The standard InChI is InChI=1S/C27H35N3O2/c1-20-12-15-29(16-13-20)18-22-8-10-25(11-9-22)28-26(31)24-7-4-14-30(19-24)27(32)23-6-3-5-21(2)17-23/h3,5-6,8-11,17,20,24H,4,7,12-16,18-19H2,1-2H3,(H,28,31)/t24-/m0/s1. The van der Waals surface area contributed by atoms with E-state index in [0.29, 0.717) is 18.7 Å². The molecule has 170 valence electrons. The predicted octanol–water partition coefficient (Wildman–Crippen LogP) is 4.72. The second kappa shape index (κ2) is 10.3. The molecule has 1 N–H and O–H groups in total. The molecule has 4 rings (SSSR count). The predicted molar refractivity (Wildman–Crippen MR) is 129 cm³/mol. The van der Waals surface area contributed by atoms with E-state index in [1.165, 1.54) is 31.5 Å². The Bertz CT molecular complexity index is 932. The van der Waals surface area contributed by atoms with Gasteiger partial charge in [-0.15, -0.1) is 0 Å². The van der Waals surface area contributed by atoms with E-state index in [1.54, 1.807) is 0 Å². The second-order valence-corrected chi connectivity index (χ2v) is 9.60. The topological polar surface area (TPSA) is 52.7 Å². The molecule has 1 atom stereocenters. The van der Waals surface area contributed by atoms with E-state index in [-0.39, 0.29) is 17.7 Å². The Morgan fingerprint density at radius 2 is 1.75 bits per heavy atom.